The number of aromatic nitrogens is 2. The number of hydrogen-bond donors (Lipinski definition) is 1. The Morgan fingerprint density at radius 1 is 1.14 bits per heavy atom. The predicted molar refractivity (Wildman–Crippen MR) is 146 cm³/mol. The fraction of sp³-hybridized carbons (Fsp3) is 0.500. The molecule has 0 saturated carbocycles. The third-order valence-corrected chi connectivity index (χ3v) is 8.29. The van der Waals surface area contributed by atoms with Gasteiger partial charge in [-0.3, -0.25) is 4.79 Å². The van der Waals surface area contributed by atoms with Crippen LogP contribution in [0, 0.1) is 0 Å². The van der Waals surface area contributed by atoms with Gasteiger partial charge in [-0.05, 0) is 33.2 Å². The van der Waals surface area contributed by atoms with Crippen LogP contribution in [0.25, 0.3) is 0 Å². The lowest BCUT2D eigenvalue weighted by molar-refractivity contribution is -0.141. The van der Waals surface area contributed by atoms with Crippen molar-refractivity contribution >= 4 is 25.1 Å². The summed E-state index contributed by atoms with van der Waals surface area (Å²) in [6, 6.07) is 7.91. The number of ether oxygens (including phenoxy) is 4. The number of nitrogens with two attached hydrogens (primary N) is 1. The van der Waals surface area contributed by atoms with Gasteiger partial charge < -0.3 is 34.5 Å². The van der Waals surface area contributed by atoms with Crippen LogP contribution >= 0.6 is 0 Å². The molecule has 0 bridgehead atoms. The average molecular weight is 530 g/mol. The lowest BCUT2D eigenvalue weighted by atomic mass is 9.91. The highest BCUT2D eigenvalue weighted by atomic mass is 28.3. The number of primary amides is 1. The first-order chi connectivity index (χ1) is 17.4. The summed E-state index contributed by atoms with van der Waals surface area (Å²) in [5, 5.41) is 1.24. The number of nitrogens with zero attached hydrogens (tertiary/aromatic N) is 4. The Balaban J connectivity index is 1.97. The number of anilines is 1. The Morgan fingerprint density at radius 3 is 2.30 bits per heavy atom. The summed E-state index contributed by atoms with van der Waals surface area (Å²) < 4.78 is 23.4. The van der Waals surface area contributed by atoms with Crippen molar-refractivity contribution in [3.05, 3.63) is 41.9 Å². The van der Waals surface area contributed by atoms with Gasteiger partial charge in [-0.1, -0.05) is 37.0 Å². The standard InChI is InChI=1S/C26H39N5O5Si/c1-9-31(16-15-30(2)3)25-28-22(33-4)21(23(29-25)34-5)26(24(27)32)14-13-20(36-26)35-18-11-10-12-19(17-18)37(6,7)8/h10-13,17H,9,14-16H2,1-8H3,(H2,27,32). The molecule has 37 heavy (non-hydrogen) atoms. The van der Waals surface area contributed by atoms with E-state index in [9.17, 15) is 4.79 Å². The third kappa shape index (κ3) is 6.16. The highest BCUT2D eigenvalue weighted by molar-refractivity contribution is 6.88. The molecule has 1 aromatic carbocycles. The summed E-state index contributed by atoms with van der Waals surface area (Å²) in [6.45, 7) is 11.0. The second-order valence-corrected chi connectivity index (χ2v) is 15.3. The van der Waals surface area contributed by atoms with E-state index in [0.29, 0.717) is 24.8 Å². The molecule has 2 heterocycles. The van der Waals surface area contributed by atoms with Gasteiger partial charge in [-0.25, -0.2) is 0 Å². The van der Waals surface area contributed by atoms with Crippen molar-refractivity contribution in [2.45, 2.75) is 38.6 Å². The Labute approximate surface area is 220 Å². The number of amides is 1. The van der Waals surface area contributed by atoms with Crippen molar-refractivity contribution in [1.29, 1.82) is 0 Å². The lowest BCUT2D eigenvalue weighted by Gasteiger charge is -2.30. The van der Waals surface area contributed by atoms with Crippen LogP contribution < -0.4 is 30.0 Å². The summed E-state index contributed by atoms with van der Waals surface area (Å²) in [6.07, 6.45) is 1.80. The average Bonchev–Trinajstić information content (AvgIpc) is 3.27. The second kappa shape index (κ2) is 11.4. The number of likely N-dealkylation sites (N-methyl/N-ethyl adjacent to an activating group) is 2. The SMILES string of the molecule is CCN(CCN(C)C)c1nc(OC)c(C2(C(N)=O)CC=C(Oc3cccc([Si](C)(C)C)c3)O2)c(OC)n1. The summed E-state index contributed by atoms with van der Waals surface area (Å²) in [7, 11) is 5.40. The van der Waals surface area contributed by atoms with E-state index in [2.05, 4.69) is 40.6 Å². The van der Waals surface area contributed by atoms with Gasteiger partial charge in [0.2, 0.25) is 23.3 Å². The molecule has 1 unspecified atom stereocenters. The molecule has 1 aliphatic rings. The smallest absolute Gasteiger partial charge is 0.282 e. The van der Waals surface area contributed by atoms with Gasteiger partial charge in [0.15, 0.2) is 0 Å². The molecule has 0 radical (unpaired) electrons. The zero-order chi connectivity index (χ0) is 27.4. The number of carbonyl (C=O) groups is 1. The molecule has 1 atom stereocenters. The second-order valence-electron chi connectivity index (χ2n) is 10.2. The van der Waals surface area contributed by atoms with Gasteiger partial charge in [-0.15, -0.1) is 0 Å². The number of methoxy groups -OCH3 is 2. The molecule has 2 aromatic rings. The Morgan fingerprint density at radius 2 is 1.78 bits per heavy atom. The lowest BCUT2D eigenvalue weighted by Crippen LogP contribution is -2.42. The van der Waals surface area contributed by atoms with E-state index in [1.807, 2.05) is 44.1 Å². The van der Waals surface area contributed by atoms with Gasteiger partial charge in [0.25, 0.3) is 11.9 Å². The third-order valence-electron chi connectivity index (χ3n) is 6.25. The summed E-state index contributed by atoms with van der Waals surface area (Å²) in [4.78, 5) is 26.2. The number of carbonyl (C=O) groups excluding carboxylic acids is 1. The van der Waals surface area contributed by atoms with Crippen LogP contribution in [0.2, 0.25) is 19.6 Å². The van der Waals surface area contributed by atoms with Crippen molar-refractivity contribution in [1.82, 2.24) is 14.9 Å². The van der Waals surface area contributed by atoms with Crippen molar-refractivity contribution < 1.29 is 23.7 Å². The van der Waals surface area contributed by atoms with Crippen molar-refractivity contribution in [3.8, 4) is 17.5 Å². The van der Waals surface area contributed by atoms with Crippen molar-refractivity contribution in [2.75, 3.05) is 52.8 Å². The van der Waals surface area contributed by atoms with Crippen molar-refractivity contribution in [2.24, 2.45) is 5.73 Å². The first-order valence-corrected chi connectivity index (χ1v) is 15.8. The van der Waals surface area contributed by atoms with Gasteiger partial charge in [0.05, 0.1) is 22.3 Å². The molecule has 202 valence electrons. The van der Waals surface area contributed by atoms with Gasteiger partial charge in [0.1, 0.15) is 11.3 Å². The van der Waals surface area contributed by atoms with Gasteiger partial charge >= 0.3 is 0 Å². The van der Waals surface area contributed by atoms with E-state index in [-0.39, 0.29) is 29.7 Å². The molecule has 11 heteroatoms. The van der Waals surface area contributed by atoms with E-state index < -0.39 is 19.6 Å². The molecule has 1 amide bonds. The van der Waals surface area contributed by atoms with Crippen LogP contribution in [0.15, 0.2) is 36.3 Å². The van der Waals surface area contributed by atoms with Gasteiger partial charge in [-0.2, -0.15) is 9.97 Å². The quantitative estimate of drug-likeness (QED) is 0.414. The fourth-order valence-electron chi connectivity index (χ4n) is 4.03. The number of benzene rings is 1. The van der Waals surface area contributed by atoms with Crippen LogP contribution in [-0.4, -0.2) is 76.8 Å². The number of hydrogen-bond acceptors (Lipinski definition) is 9. The molecule has 0 spiro atoms. The molecule has 0 fully saturated rings. The highest BCUT2D eigenvalue weighted by Crippen LogP contribution is 2.46. The van der Waals surface area contributed by atoms with Crippen molar-refractivity contribution in [3.63, 3.8) is 0 Å². The maximum Gasteiger partial charge on any atom is 0.282 e. The molecular formula is C26H39N5O5Si. The molecule has 1 aliphatic heterocycles. The van der Waals surface area contributed by atoms with Gasteiger partial charge in [0, 0.05) is 32.1 Å². The molecule has 0 saturated heterocycles. The molecule has 3 rings (SSSR count). The van der Waals surface area contributed by atoms with Crippen LogP contribution in [0.4, 0.5) is 5.95 Å². The molecule has 0 aliphatic carbocycles. The minimum Gasteiger partial charge on any atom is -0.480 e. The summed E-state index contributed by atoms with van der Waals surface area (Å²) in [5.74, 6) is 0.786. The van der Waals surface area contributed by atoms with E-state index in [1.165, 1.54) is 19.4 Å². The summed E-state index contributed by atoms with van der Waals surface area (Å²) >= 11 is 0. The van der Waals surface area contributed by atoms with Crippen LogP contribution in [0.1, 0.15) is 18.9 Å². The van der Waals surface area contributed by atoms with Crippen LogP contribution in [0.3, 0.4) is 0 Å². The first kappa shape index (κ1) is 28.3. The van der Waals surface area contributed by atoms with E-state index >= 15 is 0 Å². The maximum absolute atomic E-state index is 12.9. The minimum atomic E-state index is -1.65. The van der Waals surface area contributed by atoms with E-state index in [4.69, 9.17) is 24.7 Å². The normalized spacial score (nSPS) is 17.3. The largest absolute Gasteiger partial charge is 0.480 e. The zero-order valence-corrected chi connectivity index (χ0v) is 24.1. The maximum atomic E-state index is 12.9. The van der Waals surface area contributed by atoms with E-state index in [1.54, 1.807) is 6.08 Å². The molecule has 10 nitrogen and oxygen atoms in total. The Bertz CT molecular complexity index is 1130. The Kier molecular flexibility index (Phi) is 8.70. The van der Waals surface area contributed by atoms with E-state index in [0.717, 1.165) is 6.54 Å². The predicted octanol–water partition coefficient (Wildman–Crippen LogP) is 2.45. The minimum absolute atomic E-state index is 0.110. The molecular weight excluding hydrogens is 490 g/mol. The van der Waals surface area contributed by atoms with Crippen LogP contribution in [0.5, 0.6) is 17.5 Å². The first-order valence-electron chi connectivity index (χ1n) is 12.3. The Hall–Kier alpha value is -3.31. The zero-order valence-electron chi connectivity index (χ0n) is 23.1. The topological polar surface area (TPSA) is 112 Å². The number of rotatable bonds is 12. The molecule has 1 aromatic heterocycles. The van der Waals surface area contributed by atoms with Crippen LogP contribution in [-0.2, 0) is 15.1 Å². The molecule has 2 N–H and O–H groups in total. The monoisotopic (exact) mass is 529 g/mol. The summed E-state index contributed by atoms with van der Waals surface area (Å²) in [5.41, 5.74) is 4.50. The fourth-order valence-corrected chi connectivity index (χ4v) is 5.20. The highest BCUT2D eigenvalue weighted by Gasteiger charge is 2.51.